The molecule has 1 aromatic rings. The summed E-state index contributed by atoms with van der Waals surface area (Å²) < 4.78 is 19.5. The molecular formula is C22H33FN2O3. The number of benzene rings is 1. The van der Waals surface area contributed by atoms with Crippen LogP contribution in [0.5, 0.6) is 0 Å². The molecular weight excluding hydrogens is 359 g/mol. The first-order valence-corrected chi connectivity index (χ1v) is 10.0. The quantitative estimate of drug-likeness (QED) is 0.815. The Morgan fingerprint density at radius 2 is 1.89 bits per heavy atom. The van der Waals surface area contributed by atoms with E-state index in [2.05, 4.69) is 5.32 Å². The van der Waals surface area contributed by atoms with Gasteiger partial charge < -0.3 is 15.0 Å². The fraction of sp³-hybridized carbons (Fsp3) is 0.636. The number of nitrogens with zero attached hydrogens (tertiary/aromatic N) is 1. The monoisotopic (exact) mass is 392 g/mol. The number of likely N-dealkylation sites (tertiary alicyclic amines) is 1. The molecule has 6 heteroatoms. The Morgan fingerprint density at radius 1 is 1.21 bits per heavy atom. The highest BCUT2D eigenvalue weighted by molar-refractivity contribution is 5.87. The standard InChI is InChI=1S/C22H33FN2O3/c1-21(2,3)28-20(27)25-14-8-9-16(15-25)12-13-24-19(26)22(4,5)17-10-6-7-11-18(17)23/h6-7,10-11,16H,8-9,12-15H2,1-5H3,(H,24,26). The van der Waals surface area contributed by atoms with Crippen LogP contribution in [0.4, 0.5) is 9.18 Å². The fourth-order valence-corrected chi connectivity index (χ4v) is 3.49. The van der Waals surface area contributed by atoms with E-state index in [0.717, 1.165) is 19.3 Å². The van der Waals surface area contributed by atoms with Crippen molar-refractivity contribution in [3.63, 3.8) is 0 Å². The van der Waals surface area contributed by atoms with Crippen molar-refractivity contribution in [3.05, 3.63) is 35.6 Å². The van der Waals surface area contributed by atoms with Crippen molar-refractivity contribution >= 4 is 12.0 Å². The lowest BCUT2D eigenvalue weighted by atomic mass is 9.83. The Labute approximate surface area is 167 Å². The highest BCUT2D eigenvalue weighted by Gasteiger charge is 2.32. The van der Waals surface area contributed by atoms with Crippen LogP contribution >= 0.6 is 0 Å². The minimum atomic E-state index is -0.944. The molecule has 1 N–H and O–H groups in total. The van der Waals surface area contributed by atoms with Gasteiger partial charge in [0.1, 0.15) is 11.4 Å². The number of halogens is 1. The zero-order valence-electron chi connectivity index (χ0n) is 17.7. The van der Waals surface area contributed by atoms with Gasteiger partial charge in [0.2, 0.25) is 5.91 Å². The van der Waals surface area contributed by atoms with Crippen LogP contribution in [0.15, 0.2) is 24.3 Å². The summed E-state index contributed by atoms with van der Waals surface area (Å²) in [7, 11) is 0. The molecule has 0 bridgehead atoms. The third-order valence-corrected chi connectivity index (χ3v) is 5.12. The molecule has 5 nitrogen and oxygen atoms in total. The molecule has 0 aromatic heterocycles. The third-order valence-electron chi connectivity index (χ3n) is 5.12. The lowest BCUT2D eigenvalue weighted by Crippen LogP contribution is -2.44. The first-order valence-electron chi connectivity index (χ1n) is 10.0. The van der Waals surface area contributed by atoms with E-state index in [1.165, 1.54) is 6.07 Å². The summed E-state index contributed by atoms with van der Waals surface area (Å²) in [6.45, 7) is 10.9. The molecule has 2 rings (SSSR count). The van der Waals surface area contributed by atoms with Gasteiger partial charge in [-0.25, -0.2) is 9.18 Å². The van der Waals surface area contributed by atoms with E-state index in [1.54, 1.807) is 36.9 Å². The van der Waals surface area contributed by atoms with Crippen molar-refractivity contribution in [2.45, 2.75) is 64.9 Å². The van der Waals surface area contributed by atoms with Crippen LogP contribution < -0.4 is 5.32 Å². The summed E-state index contributed by atoms with van der Waals surface area (Å²) >= 11 is 0. The molecule has 1 aliphatic rings. The Kier molecular flexibility index (Phi) is 7.07. The Bertz CT molecular complexity index is 697. The van der Waals surface area contributed by atoms with Gasteiger partial charge in [-0.3, -0.25) is 4.79 Å². The number of hydrogen-bond acceptors (Lipinski definition) is 3. The molecule has 1 unspecified atom stereocenters. The second-order valence-corrected chi connectivity index (χ2v) is 9.08. The number of carbonyl (C=O) groups is 2. The molecule has 2 amide bonds. The summed E-state index contributed by atoms with van der Waals surface area (Å²) in [6.07, 6.45) is 2.45. The molecule has 1 fully saturated rings. The van der Waals surface area contributed by atoms with Crippen molar-refractivity contribution in [2.75, 3.05) is 19.6 Å². The summed E-state index contributed by atoms with van der Waals surface area (Å²) in [5, 5.41) is 2.94. The van der Waals surface area contributed by atoms with Crippen molar-refractivity contribution in [1.29, 1.82) is 0 Å². The van der Waals surface area contributed by atoms with Crippen LogP contribution in [-0.2, 0) is 14.9 Å². The maximum atomic E-state index is 14.1. The van der Waals surface area contributed by atoms with Crippen LogP contribution in [0, 0.1) is 11.7 Å². The average Bonchev–Trinajstić information content (AvgIpc) is 2.60. The SMILES string of the molecule is CC(C)(C)OC(=O)N1CCCC(CCNC(=O)C(C)(C)c2ccccc2F)C1. The highest BCUT2D eigenvalue weighted by Crippen LogP contribution is 2.26. The first kappa shape index (κ1) is 22.2. The Morgan fingerprint density at radius 3 is 2.54 bits per heavy atom. The highest BCUT2D eigenvalue weighted by atomic mass is 19.1. The predicted molar refractivity (Wildman–Crippen MR) is 108 cm³/mol. The van der Waals surface area contributed by atoms with Crippen molar-refractivity contribution in [3.8, 4) is 0 Å². The second-order valence-electron chi connectivity index (χ2n) is 9.08. The van der Waals surface area contributed by atoms with Crippen LogP contribution in [0.2, 0.25) is 0 Å². The van der Waals surface area contributed by atoms with E-state index < -0.39 is 11.0 Å². The number of ether oxygens (including phenoxy) is 1. The summed E-state index contributed by atoms with van der Waals surface area (Å²) in [5.41, 5.74) is -1.06. The van der Waals surface area contributed by atoms with Gasteiger partial charge in [-0.1, -0.05) is 18.2 Å². The smallest absolute Gasteiger partial charge is 0.410 e. The second kappa shape index (κ2) is 8.93. The minimum absolute atomic E-state index is 0.197. The van der Waals surface area contributed by atoms with E-state index in [0.29, 0.717) is 31.1 Å². The zero-order valence-corrected chi connectivity index (χ0v) is 17.7. The minimum Gasteiger partial charge on any atom is -0.444 e. The molecule has 1 heterocycles. The summed E-state index contributed by atoms with van der Waals surface area (Å²) in [4.78, 5) is 26.6. The lowest BCUT2D eigenvalue weighted by Gasteiger charge is -2.34. The van der Waals surface area contributed by atoms with Gasteiger partial charge >= 0.3 is 6.09 Å². The number of nitrogens with one attached hydrogen (secondary N) is 1. The van der Waals surface area contributed by atoms with Crippen LogP contribution in [0.25, 0.3) is 0 Å². The van der Waals surface area contributed by atoms with Crippen LogP contribution in [-0.4, -0.2) is 42.1 Å². The lowest BCUT2D eigenvalue weighted by molar-refractivity contribution is -0.125. The molecule has 0 saturated carbocycles. The van der Waals surface area contributed by atoms with Crippen molar-refractivity contribution in [2.24, 2.45) is 5.92 Å². The molecule has 156 valence electrons. The van der Waals surface area contributed by atoms with E-state index in [9.17, 15) is 14.0 Å². The van der Waals surface area contributed by atoms with Crippen molar-refractivity contribution in [1.82, 2.24) is 10.2 Å². The van der Waals surface area contributed by atoms with Gasteiger partial charge in [0.15, 0.2) is 0 Å². The Hall–Kier alpha value is -2.11. The predicted octanol–water partition coefficient (Wildman–Crippen LogP) is 4.26. The zero-order chi connectivity index (χ0) is 20.9. The van der Waals surface area contributed by atoms with E-state index in [-0.39, 0.29) is 17.8 Å². The molecule has 0 radical (unpaired) electrons. The Balaban J connectivity index is 1.84. The van der Waals surface area contributed by atoms with Gasteiger partial charge in [0, 0.05) is 25.2 Å². The number of carbonyl (C=O) groups excluding carboxylic acids is 2. The molecule has 1 atom stereocenters. The number of rotatable bonds is 5. The van der Waals surface area contributed by atoms with E-state index in [4.69, 9.17) is 4.74 Å². The van der Waals surface area contributed by atoms with Gasteiger partial charge in [0.25, 0.3) is 0 Å². The number of piperidine rings is 1. The maximum Gasteiger partial charge on any atom is 0.410 e. The van der Waals surface area contributed by atoms with E-state index >= 15 is 0 Å². The normalized spacial score (nSPS) is 17.9. The van der Waals surface area contributed by atoms with Crippen LogP contribution in [0.1, 0.15) is 59.4 Å². The van der Waals surface area contributed by atoms with Gasteiger partial charge in [-0.05, 0) is 65.9 Å². The largest absolute Gasteiger partial charge is 0.444 e. The first-order chi connectivity index (χ1) is 13.0. The summed E-state index contributed by atoms with van der Waals surface area (Å²) in [5.74, 6) is -0.251. The third kappa shape index (κ3) is 5.94. The van der Waals surface area contributed by atoms with Gasteiger partial charge in [0.05, 0.1) is 5.41 Å². The molecule has 1 aromatic carbocycles. The molecule has 28 heavy (non-hydrogen) atoms. The van der Waals surface area contributed by atoms with Gasteiger partial charge in [-0.15, -0.1) is 0 Å². The van der Waals surface area contributed by atoms with Crippen molar-refractivity contribution < 1.29 is 18.7 Å². The fourth-order valence-electron chi connectivity index (χ4n) is 3.49. The molecule has 0 aliphatic carbocycles. The average molecular weight is 393 g/mol. The van der Waals surface area contributed by atoms with Gasteiger partial charge in [-0.2, -0.15) is 0 Å². The topological polar surface area (TPSA) is 58.6 Å². The maximum absolute atomic E-state index is 14.1. The summed E-state index contributed by atoms with van der Waals surface area (Å²) in [6, 6.07) is 6.37. The number of amides is 2. The molecule has 0 spiro atoms. The van der Waals surface area contributed by atoms with E-state index in [1.807, 2.05) is 20.8 Å². The molecule has 1 saturated heterocycles. The van der Waals surface area contributed by atoms with Crippen LogP contribution in [0.3, 0.4) is 0 Å². The molecule has 1 aliphatic heterocycles. The number of hydrogen-bond donors (Lipinski definition) is 1.